The van der Waals surface area contributed by atoms with Gasteiger partial charge in [-0.05, 0) is 55.2 Å². The lowest BCUT2D eigenvalue weighted by Gasteiger charge is -2.33. The predicted octanol–water partition coefficient (Wildman–Crippen LogP) is 4.89. The third-order valence-electron chi connectivity index (χ3n) is 4.31. The lowest BCUT2D eigenvalue weighted by atomic mass is 9.75. The van der Waals surface area contributed by atoms with Crippen molar-refractivity contribution in [2.24, 2.45) is 5.92 Å². The highest BCUT2D eigenvalue weighted by atomic mass is 35.5. The van der Waals surface area contributed by atoms with E-state index in [-0.39, 0.29) is 6.10 Å². The molecule has 0 bridgehead atoms. The van der Waals surface area contributed by atoms with Crippen LogP contribution >= 0.6 is 22.9 Å². The molecule has 0 amide bonds. The zero-order valence-electron chi connectivity index (χ0n) is 11.3. The zero-order valence-corrected chi connectivity index (χ0v) is 12.9. The van der Waals surface area contributed by atoms with Gasteiger partial charge in [-0.3, -0.25) is 0 Å². The van der Waals surface area contributed by atoms with Crippen molar-refractivity contribution in [1.82, 2.24) is 0 Å². The number of rotatable bonds is 3. The van der Waals surface area contributed by atoms with Gasteiger partial charge in [0.05, 0.1) is 10.4 Å². The van der Waals surface area contributed by atoms with E-state index in [1.807, 2.05) is 6.07 Å². The third kappa shape index (κ3) is 3.25. The van der Waals surface area contributed by atoms with Crippen LogP contribution in [0.15, 0.2) is 42.5 Å². The van der Waals surface area contributed by atoms with E-state index in [0.29, 0.717) is 11.8 Å². The van der Waals surface area contributed by atoms with E-state index < -0.39 is 0 Å². The Morgan fingerprint density at radius 2 is 1.90 bits per heavy atom. The molecule has 0 spiro atoms. The number of aliphatic hydroxyl groups excluding tert-OH is 1. The van der Waals surface area contributed by atoms with Crippen LogP contribution < -0.4 is 0 Å². The highest BCUT2D eigenvalue weighted by Gasteiger charge is 2.30. The van der Waals surface area contributed by atoms with Crippen LogP contribution in [-0.4, -0.2) is 11.2 Å². The van der Waals surface area contributed by atoms with Crippen LogP contribution in [-0.2, 0) is 6.42 Å². The van der Waals surface area contributed by atoms with Crippen molar-refractivity contribution >= 4 is 22.9 Å². The van der Waals surface area contributed by atoms with Gasteiger partial charge in [0.25, 0.3) is 0 Å². The standard InChI is InChI=1S/C17H19ClOS/c18-17-9-7-15(20-17)11-14-10-13(6-8-16(14)19)12-4-2-1-3-5-12/h1-5,7,9,13-14,16,19H,6,8,10-11H2. The minimum absolute atomic E-state index is 0.171. The Balaban J connectivity index is 1.70. The number of hydrogen-bond donors (Lipinski definition) is 1. The summed E-state index contributed by atoms with van der Waals surface area (Å²) in [5.74, 6) is 0.934. The number of thiophene rings is 1. The molecule has 1 aliphatic rings. The zero-order chi connectivity index (χ0) is 13.9. The Hall–Kier alpha value is -0.830. The van der Waals surface area contributed by atoms with Crippen LogP contribution in [0.1, 0.15) is 35.6 Å². The molecular weight excluding hydrogens is 288 g/mol. The summed E-state index contributed by atoms with van der Waals surface area (Å²) in [7, 11) is 0. The second-order valence-electron chi connectivity index (χ2n) is 5.66. The van der Waals surface area contributed by atoms with Gasteiger partial charge in [-0.2, -0.15) is 0 Å². The Morgan fingerprint density at radius 1 is 1.10 bits per heavy atom. The fraction of sp³-hybridized carbons (Fsp3) is 0.412. The van der Waals surface area contributed by atoms with Gasteiger partial charge in [0.1, 0.15) is 0 Å². The molecule has 106 valence electrons. The van der Waals surface area contributed by atoms with E-state index in [1.165, 1.54) is 10.4 Å². The third-order valence-corrected chi connectivity index (χ3v) is 5.56. The molecule has 1 aliphatic carbocycles. The fourth-order valence-electron chi connectivity index (χ4n) is 3.22. The number of halogens is 1. The molecule has 1 nitrogen and oxygen atoms in total. The lowest BCUT2D eigenvalue weighted by molar-refractivity contribution is 0.0624. The first-order valence-corrected chi connectivity index (χ1v) is 8.39. The first-order valence-electron chi connectivity index (χ1n) is 7.19. The summed E-state index contributed by atoms with van der Waals surface area (Å²) in [5.41, 5.74) is 1.41. The molecule has 3 atom stereocenters. The van der Waals surface area contributed by atoms with Crippen molar-refractivity contribution in [2.45, 2.75) is 37.7 Å². The molecule has 1 aromatic heterocycles. The Kier molecular flexibility index (Phi) is 4.45. The topological polar surface area (TPSA) is 20.2 Å². The maximum Gasteiger partial charge on any atom is 0.0931 e. The molecule has 1 fully saturated rings. The number of aliphatic hydroxyl groups is 1. The Bertz CT molecular complexity index is 551. The fourth-order valence-corrected chi connectivity index (χ4v) is 4.40. The monoisotopic (exact) mass is 306 g/mol. The largest absolute Gasteiger partial charge is 0.393 e. The maximum atomic E-state index is 10.3. The normalized spacial score (nSPS) is 26.6. The van der Waals surface area contributed by atoms with Crippen molar-refractivity contribution in [3.05, 3.63) is 57.2 Å². The van der Waals surface area contributed by atoms with Crippen LogP contribution in [0.2, 0.25) is 4.34 Å². The minimum atomic E-state index is -0.171. The second-order valence-corrected chi connectivity index (χ2v) is 7.46. The first kappa shape index (κ1) is 14.1. The highest BCUT2D eigenvalue weighted by Crippen LogP contribution is 2.38. The van der Waals surface area contributed by atoms with Crippen LogP contribution in [0.5, 0.6) is 0 Å². The van der Waals surface area contributed by atoms with Gasteiger partial charge in [-0.15, -0.1) is 11.3 Å². The van der Waals surface area contributed by atoms with E-state index in [9.17, 15) is 5.11 Å². The highest BCUT2D eigenvalue weighted by molar-refractivity contribution is 7.16. The van der Waals surface area contributed by atoms with Crippen LogP contribution in [0.4, 0.5) is 0 Å². The van der Waals surface area contributed by atoms with E-state index in [1.54, 1.807) is 11.3 Å². The van der Waals surface area contributed by atoms with Crippen molar-refractivity contribution < 1.29 is 5.11 Å². The maximum absolute atomic E-state index is 10.3. The van der Waals surface area contributed by atoms with Gasteiger partial charge in [0.15, 0.2) is 0 Å². The van der Waals surface area contributed by atoms with E-state index in [4.69, 9.17) is 11.6 Å². The SMILES string of the molecule is OC1CCC(c2ccccc2)CC1Cc1ccc(Cl)s1. The van der Waals surface area contributed by atoms with Crippen molar-refractivity contribution in [3.63, 3.8) is 0 Å². The summed E-state index contributed by atoms with van der Waals surface area (Å²) in [6.45, 7) is 0. The summed E-state index contributed by atoms with van der Waals surface area (Å²) in [6, 6.07) is 14.7. The minimum Gasteiger partial charge on any atom is -0.393 e. The van der Waals surface area contributed by atoms with Gasteiger partial charge in [0.2, 0.25) is 0 Å². The molecule has 1 saturated carbocycles. The summed E-state index contributed by atoms with van der Waals surface area (Å²) in [6.07, 6.45) is 3.84. The van der Waals surface area contributed by atoms with E-state index >= 15 is 0 Å². The molecule has 0 aliphatic heterocycles. The molecular formula is C17H19ClOS. The smallest absolute Gasteiger partial charge is 0.0931 e. The molecule has 1 heterocycles. The molecule has 3 rings (SSSR count). The van der Waals surface area contributed by atoms with Gasteiger partial charge < -0.3 is 5.11 Å². The summed E-state index contributed by atoms with van der Waals surface area (Å²) in [5, 5.41) is 10.3. The predicted molar refractivity (Wildman–Crippen MR) is 85.6 cm³/mol. The van der Waals surface area contributed by atoms with E-state index in [0.717, 1.165) is 30.0 Å². The summed E-state index contributed by atoms with van der Waals surface area (Å²) < 4.78 is 0.838. The number of hydrogen-bond acceptors (Lipinski definition) is 2. The van der Waals surface area contributed by atoms with Crippen LogP contribution in [0.25, 0.3) is 0 Å². The molecule has 20 heavy (non-hydrogen) atoms. The average molecular weight is 307 g/mol. The Labute approximate surface area is 129 Å². The molecule has 2 aromatic rings. The van der Waals surface area contributed by atoms with Crippen molar-refractivity contribution in [2.75, 3.05) is 0 Å². The van der Waals surface area contributed by atoms with Gasteiger partial charge in [-0.1, -0.05) is 41.9 Å². The van der Waals surface area contributed by atoms with Crippen molar-refractivity contribution in [3.8, 4) is 0 Å². The summed E-state index contributed by atoms with van der Waals surface area (Å²) >= 11 is 7.63. The van der Waals surface area contributed by atoms with Gasteiger partial charge >= 0.3 is 0 Å². The quantitative estimate of drug-likeness (QED) is 0.856. The van der Waals surface area contributed by atoms with Gasteiger partial charge in [0, 0.05) is 4.88 Å². The lowest BCUT2D eigenvalue weighted by Crippen LogP contribution is -2.29. The first-order chi connectivity index (χ1) is 9.72. The molecule has 0 saturated heterocycles. The molecule has 1 N–H and O–H groups in total. The van der Waals surface area contributed by atoms with Gasteiger partial charge in [-0.25, -0.2) is 0 Å². The number of benzene rings is 1. The van der Waals surface area contributed by atoms with Crippen LogP contribution in [0.3, 0.4) is 0 Å². The molecule has 1 aromatic carbocycles. The van der Waals surface area contributed by atoms with E-state index in [2.05, 4.69) is 36.4 Å². The average Bonchev–Trinajstić information content (AvgIpc) is 2.88. The molecule has 3 unspecified atom stereocenters. The Morgan fingerprint density at radius 3 is 2.60 bits per heavy atom. The van der Waals surface area contributed by atoms with Crippen molar-refractivity contribution in [1.29, 1.82) is 0 Å². The molecule has 0 radical (unpaired) electrons. The molecule has 3 heteroatoms. The second kappa shape index (κ2) is 6.30. The van der Waals surface area contributed by atoms with Crippen LogP contribution in [0, 0.1) is 5.92 Å². The summed E-state index contributed by atoms with van der Waals surface area (Å²) in [4.78, 5) is 1.28.